The Balaban J connectivity index is 2.60. The SMILES string of the molecule is Cc1ccc(NC(=O)N[C@H](C(=O)O)[C@@H](C)O)cn1. The molecule has 0 unspecified atom stereocenters. The quantitative estimate of drug-likeness (QED) is 0.618. The van der Waals surface area contributed by atoms with Gasteiger partial charge in [0.05, 0.1) is 18.0 Å². The summed E-state index contributed by atoms with van der Waals surface area (Å²) in [5.41, 5.74) is 1.24. The Morgan fingerprint density at radius 3 is 2.50 bits per heavy atom. The topological polar surface area (TPSA) is 112 Å². The van der Waals surface area contributed by atoms with E-state index in [9.17, 15) is 14.7 Å². The van der Waals surface area contributed by atoms with Gasteiger partial charge in [-0.15, -0.1) is 0 Å². The average molecular weight is 253 g/mol. The summed E-state index contributed by atoms with van der Waals surface area (Å²) in [6, 6.07) is 1.27. The number of hydrogen-bond acceptors (Lipinski definition) is 4. The van der Waals surface area contributed by atoms with E-state index in [0.717, 1.165) is 5.69 Å². The van der Waals surface area contributed by atoms with Crippen molar-refractivity contribution in [2.45, 2.75) is 26.0 Å². The number of urea groups is 1. The van der Waals surface area contributed by atoms with Crippen molar-refractivity contribution in [1.82, 2.24) is 10.3 Å². The molecule has 0 saturated heterocycles. The zero-order valence-electron chi connectivity index (χ0n) is 10.0. The Labute approximate surface area is 104 Å². The zero-order chi connectivity index (χ0) is 13.7. The highest BCUT2D eigenvalue weighted by Gasteiger charge is 2.24. The van der Waals surface area contributed by atoms with E-state index in [1.165, 1.54) is 13.1 Å². The molecule has 1 heterocycles. The van der Waals surface area contributed by atoms with Crippen molar-refractivity contribution in [2.75, 3.05) is 5.32 Å². The number of nitrogens with zero attached hydrogens (tertiary/aromatic N) is 1. The molecule has 1 aromatic rings. The Morgan fingerprint density at radius 1 is 1.39 bits per heavy atom. The number of rotatable bonds is 4. The number of aliphatic carboxylic acids is 1. The van der Waals surface area contributed by atoms with Crippen molar-refractivity contribution in [3.8, 4) is 0 Å². The van der Waals surface area contributed by atoms with Crippen LogP contribution in [0, 0.1) is 6.92 Å². The van der Waals surface area contributed by atoms with E-state index < -0.39 is 24.1 Å². The molecule has 0 radical (unpaired) electrons. The second-order valence-electron chi connectivity index (χ2n) is 3.84. The third-order valence-corrected chi connectivity index (χ3v) is 2.20. The monoisotopic (exact) mass is 253 g/mol. The van der Waals surface area contributed by atoms with E-state index in [0.29, 0.717) is 5.69 Å². The summed E-state index contributed by atoms with van der Waals surface area (Å²) in [4.78, 5) is 26.2. The number of aryl methyl sites for hydroxylation is 1. The number of pyridine rings is 1. The lowest BCUT2D eigenvalue weighted by molar-refractivity contribution is -0.141. The molecule has 18 heavy (non-hydrogen) atoms. The van der Waals surface area contributed by atoms with Gasteiger partial charge in [-0.25, -0.2) is 9.59 Å². The fourth-order valence-corrected chi connectivity index (χ4v) is 1.24. The van der Waals surface area contributed by atoms with Crippen molar-refractivity contribution in [1.29, 1.82) is 0 Å². The standard InChI is InChI=1S/C11H15N3O4/c1-6-3-4-8(5-12-6)13-11(18)14-9(7(2)15)10(16)17/h3-5,7,9,15H,1-2H3,(H,16,17)(H2,13,14,18)/t7-,9+/m1/s1. The summed E-state index contributed by atoms with van der Waals surface area (Å²) in [7, 11) is 0. The van der Waals surface area contributed by atoms with Gasteiger partial charge in [0.2, 0.25) is 0 Å². The van der Waals surface area contributed by atoms with Gasteiger partial charge < -0.3 is 20.8 Å². The maximum Gasteiger partial charge on any atom is 0.328 e. The van der Waals surface area contributed by atoms with E-state index in [4.69, 9.17) is 5.11 Å². The fourth-order valence-electron chi connectivity index (χ4n) is 1.24. The van der Waals surface area contributed by atoms with Gasteiger partial charge in [0.25, 0.3) is 0 Å². The number of nitrogens with one attached hydrogen (secondary N) is 2. The van der Waals surface area contributed by atoms with Gasteiger partial charge in [0, 0.05) is 5.69 Å². The van der Waals surface area contributed by atoms with Gasteiger partial charge in [-0.2, -0.15) is 0 Å². The number of carboxylic acid groups (broad SMARTS) is 1. The molecule has 1 rings (SSSR count). The van der Waals surface area contributed by atoms with Crippen molar-refractivity contribution < 1.29 is 19.8 Å². The maximum atomic E-state index is 11.5. The van der Waals surface area contributed by atoms with E-state index in [1.807, 2.05) is 0 Å². The first kappa shape index (κ1) is 13.9. The lowest BCUT2D eigenvalue weighted by atomic mass is 10.2. The molecule has 0 saturated carbocycles. The van der Waals surface area contributed by atoms with E-state index in [2.05, 4.69) is 15.6 Å². The van der Waals surface area contributed by atoms with Crippen LogP contribution in [0.1, 0.15) is 12.6 Å². The van der Waals surface area contributed by atoms with Crippen LogP contribution in [0.4, 0.5) is 10.5 Å². The molecule has 0 aliphatic heterocycles. The number of aromatic nitrogens is 1. The zero-order valence-corrected chi connectivity index (χ0v) is 10.0. The lowest BCUT2D eigenvalue weighted by Crippen LogP contribution is -2.49. The molecule has 98 valence electrons. The number of aliphatic hydroxyl groups is 1. The Kier molecular flexibility index (Phi) is 4.61. The molecule has 0 aliphatic rings. The molecular weight excluding hydrogens is 238 g/mol. The summed E-state index contributed by atoms with van der Waals surface area (Å²) in [5, 5.41) is 22.6. The molecule has 4 N–H and O–H groups in total. The molecule has 1 aromatic heterocycles. The molecule has 2 amide bonds. The Hall–Kier alpha value is -2.15. The normalized spacial score (nSPS) is 13.5. The summed E-state index contributed by atoms with van der Waals surface area (Å²) < 4.78 is 0. The molecule has 0 spiro atoms. The molecule has 0 aromatic carbocycles. The Bertz CT molecular complexity index is 430. The van der Waals surface area contributed by atoms with Crippen molar-refractivity contribution in [2.24, 2.45) is 0 Å². The number of carbonyl (C=O) groups is 2. The van der Waals surface area contributed by atoms with Gasteiger partial charge in [-0.1, -0.05) is 0 Å². The van der Waals surface area contributed by atoms with E-state index >= 15 is 0 Å². The largest absolute Gasteiger partial charge is 0.480 e. The minimum absolute atomic E-state index is 0.438. The highest BCUT2D eigenvalue weighted by molar-refractivity contribution is 5.92. The lowest BCUT2D eigenvalue weighted by Gasteiger charge is -2.17. The van der Waals surface area contributed by atoms with Crippen LogP contribution in [0.25, 0.3) is 0 Å². The minimum Gasteiger partial charge on any atom is -0.480 e. The van der Waals surface area contributed by atoms with Crippen LogP contribution in [-0.2, 0) is 4.79 Å². The van der Waals surface area contributed by atoms with Gasteiger partial charge in [0.1, 0.15) is 0 Å². The first-order valence-corrected chi connectivity index (χ1v) is 5.31. The highest BCUT2D eigenvalue weighted by Crippen LogP contribution is 2.05. The van der Waals surface area contributed by atoms with Crippen LogP contribution in [0.2, 0.25) is 0 Å². The van der Waals surface area contributed by atoms with Crippen LogP contribution >= 0.6 is 0 Å². The van der Waals surface area contributed by atoms with E-state index in [-0.39, 0.29) is 0 Å². The van der Waals surface area contributed by atoms with Gasteiger partial charge in [-0.3, -0.25) is 4.98 Å². The van der Waals surface area contributed by atoms with Crippen LogP contribution in [-0.4, -0.2) is 39.3 Å². The van der Waals surface area contributed by atoms with Crippen molar-refractivity contribution in [3.05, 3.63) is 24.0 Å². The average Bonchev–Trinajstić information content (AvgIpc) is 2.28. The molecule has 0 bridgehead atoms. The molecule has 0 fully saturated rings. The van der Waals surface area contributed by atoms with Gasteiger partial charge >= 0.3 is 12.0 Å². The summed E-state index contributed by atoms with van der Waals surface area (Å²) in [6.07, 6.45) is 0.261. The molecular formula is C11H15N3O4. The first-order chi connectivity index (χ1) is 8.40. The predicted octanol–water partition coefficient (Wildman–Crippen LogP) is 0.346. The summed E-state index contributed by atoms with van der Waals surface area (Å²) in [6.45, 7) is 3.09. The third-order valence-electron chi connectivity index (χ3n) is 2.20. The number of amides is 2. The summed E-state index contributed by atoms with van der Waals surface area (Å²) >= 11 is 0. The molecule has 7 heteroatoms. The van der Waals surface area contributed by atoms with Crippen molar-refractivity contribution >= 4 is 17.7 Å². The van der Waals surface area contributed by atoms with Crippen molar-refractivity contribution in [3.63, 3.8) is 0 Å². The number of carboxylic acids is 1. The number of hydrogen-bond donors (Lipinski definition) is 4. The Morgan fingerprint density at radius 2 is 2.06 bits per heavy atom. The highest BCUT2D eigenvalue weighted by atomic mass is 16.4. The first-order valence-electron chi connectivity index (χ1n) is 5.31. The predicted molar refractivity (Wildman–Crippen MR) is 64.2 cm³/mol. The minimum atomic E-state index is -1.36. The number of aliphatic hydroxyl groups excluding tert-OH is 1. The smallest absolute Gasteiger partial charge is 0.328 e. The molecule has 2 atom stereocenters. The maximum absolute atomic E-state index is 11.5. The molecule has 7 nitrogen and oxygen atoms in total. The van der Waals surface area contributed by atoms with Gasteiger partial charge in [-0.05, 0) is 26.0 Å². The van der Waals surface area contributed by atoms with Crippen LogP contribution in [0.15, 0.2) is 18.3 Å². The second-order valence-corrected chi connectivity index (χ2v) is 3.84. The number of carbonyl (C=O) groups excluding carboxylic acids is 1. The van der Waals surface area contributed by atoms with Gasteiger partial charge in [0.15, 0.2) is 6.04 Å². The van der Waals surface area contributed by atoms with Crippen LogP contribution < -0.4 is 10.6 Å². The fraction of sp³-hybridized carbons (Fsp3) is 0.364. The van der Waals surface area contributed by atoms with E-state index in [1.54, 1.807) is 19.1 Å². The third kappa shape index (κ3) is 4.02. The summed E-state index contributed by atoms with van der Waals surface area (Å²) in [5.74, 6) is -1.30. The molecule has 0 aliphatic carbocycles. The number of anilines is 1. The second kappa shape index (κ2) is 5.97. The van der Waals surface area contributed by atoms with Crippen LogP contribution in [0.3, 0.4) is 0 Å². The van der Waals surface area contributed by atoms with Crippen LogP contribution in [0.5, 0.6) is 0 Å².